The van der Waals surface area contributed by atoms with Gasteiger partial charge in [0.15, 0.2) is 11.5 Å². The van der Waals surface area contributed by atoms with Crippen molar-refractivity contribution in [1.29, 1.82) is 0 Å². The molecule has 5 aromatic rings. The van der Waals surface area contributed by atoms with Gasteiger partial charge in [-0.2, -0.15) is 0 Å². The van der Waals surface area contributed by atoms with E-state index >= 15 is 0 Å². The van der Waals surface area contributed by atoms with E-state index < -0.39 is 25.7 Å². The van der Waals surface area contributed by atoms with E-state index in [0.29, 0.717) is 35.9 Å². The fraction of sp³-hybridized carbons (Fsp3) is 0.490. The van der Waals surface area contributed by atoms with Crippen LogP contribution < -0.4 is 25.0 Å². The zero-order valence-electron chi connectivity index (χ0n) is 38.7. The van der Waals surface area contributed by atoms with E-state index in [1.807, 2.05) is 12.1 Å². The summed E-state index contributed by atoms with van der Waals surface area (Å²) in [6.45, 7) is 9.75. The Morgan fingerprint density at radius 3 is 2.48 bits per heavy atom. The van der Waals surface area contributed by atoms with E-state index in [1.165, 1.54) is 24.0 Å². The first kappa shape index (κ1) is 46.7. The van der Waals surface area contributed by atoms with E-state index in [4.69, 9.17) is 4.74 Å². The highest BCUT2D eigenvalue weighted by Crippen LogP contribution is 2.53. The van der Waals surface area contributed by atoms with Crippen LogP contribution >= 0.6 is 0 Å². The first-order valence-corrected chi connectivity index (χ1v) is 27.3. The molecular weight excluding hydrogens is 889 g/mol. The van der Waals surface area contributed by atoms with Crippen molar-refractivity contribution in [1.82, 2.24) is 29.9 Å². The molecule has 1 amide bonds. The number of piperazine rings is 1. The van der Waals surface area contributed by atoms with Crippen LogP contribution in [0.15, 0.2) is 93.7 Å². The molecule has 16 nitrogen and oxygen atoms in total. The number of nitroso groups, excluding NO2 is 1. The van der Waals surface area contributed by atoms with Crippen LogP contribution in [0.4, 0.5) is 17.2 Å². The van der Waals surface area contributed by atoms with Gasteiger partial charge < -0.3 is 25.3 Å². The van der Waals surface area contributed by atoms with Crippen LogP contribution in [0, 0.1) is 16.2 Å². The van der Waals surface area contributed by atoms with Gasteiger partial charge in [0.2, 0.25) is 0 Å². The molecule has 3 aromatic heterocycles. The molecule has 4 N–H and O–H groups in total. The van der Waals surface area contributed by atoms with Crippen LogP contribution in [0.25, 0.3) is 11.0 Å². The number of sulfonamides is 1. The number of rotatable bonds is 14. The largest absolute Gasteiger partial charge is 0.455 e. The van der Waals surface area contributed by atoms with Gasteiger partial charge in [-0.25, -0.2) is 27.5 Å². The molecule has 1 atom stereocenters. The molecule has 356 valence electrons. The monoisotopic (exact) mass is 950 g/mol. The summed E-state index contributed by atoms with van der Waals surface area (Å²) in [7, 11) is -6.69. The predicted molar refractivity (Wildman–Crippen MR) is 263 cm³/mol. The van der Waals surface area contributed by atoms with Gasteiger partial charge >= 0.3 is 0 Å². The maximum atomic E-state index is 14.0. The van der Waals surface area contributed by atoms with Crippen LogP contribution in [0.3, 0.4) is 0 Å². The lowest BCUT2D eigenvalue weighted by atomic mass is 9.59. The van der Waals surface area contributed by atoms with Crippen LogP contribution in [-0.4, -0.2) is 102 Å². The summed E-state index contributed by atoms with van der Waals surface area (Å²) in [4.78, 5) is 42.4. The van der Waals surface area contributed by atoms with Gasteiger partial charge in [-0.15, -0.1) is 4.91 Å². The maximum absolute atomic E-state index is 14.0. The molecule has 1 spiro atoms. The van der Waals surface area contributed by atoms with Gasteiger partial charge in [0, 0.05) is 103 Å². The Bertz CT molecular complexity index is 2850. The fourth-order valence-corrected chi connectivity index (χ4v) is 12.6. The summed E-state index contributed by atoms with van der Waals surface area (Å²) in [5.41, 5.74) is 4.52. The van der Waals surface area contributed by atoms with E-state index in [1.54, 1.807) is 43.1 Å². The molecule has 4 fully saturated rings. The Balaban J connectivity index is 0.875. The second-order valence-electron chi connectivity index (χ2n) is 19.6. The number of aromatic nitrogens is 3. The normalized spacial score (nSPS) is 21.5. The van der Waals surface area contributed by atoms with Crippen molar-refractivity contribution < 1.29 is 22.2 Å². The van der Waals surface area contributed by atoms with E-state index in [0.717, 1.165) is 94.6 Å². The number of nitrogens with zero attached hydrogens (tertiary/aromatic N) is 6. The summed E-state index contributed by atoms with van der Waals surface area (Å²) in [6.07, 6.45) is 15.5. The average Bonchev–Trinajstić information content (AvgIpc) is 3.78. The number of pyridine rings is 2. The van der Waals surface area contributed by atoms with Gasteiger partial charge in [-0.05, 0) is 115 Å². The molecule has 0 unspecified atom stereocenters. The van der Waals surface area contributed by atoms with Crippen molar-refractivity contribution in [3.05, 3.63) is 101 Å². The van der Waals surface area contributed by atoms with Gasteiger partial charge in [-0.3, -0.25) is 13.9 Å². The van der Waals surface area contributed by atoms with E-state index in [-0.39, 0.29) is 45.1 Å². The summed E-state index contributed by atoms with van der Waals surface area (Å²) >= 11 is 0. The number of hydrogen-bond donors (Lipinski definition) is 4. The Hall–Kier alpha value is -5.43. The number of carbonyl (C=O) groups is 1. The number of H-pyrrole nitrogens is 1. The lowest BCUT2D eigenvalue weighted by Gasteiger charge is -2.57. The number of nitrogens with one attached hydrogen (secondary N) is 4. The minimum atomic E-state index is -4.52. The van der Waals surface area contributed by atoms with Crippen molar-refractivity contribution in [2.45, 2.75) is 94.2 Å². The van der Waals surface area contributed by atoms with E-state index in [2.05, 4.69) is 87.8 Å². The standard InChI is InChI=1S/C49H62N10O6S2/c1-32(2)40-7-5-6-8-41(40)44-31-50-19-22-59(44)37-26-49(27-37)16-20-58(21-17-49)36-13-14-42(45(24-36)65-38-23-34-15-18-51-46(34)53-29-38)48(60)57-67(63,64)39-25-43(55-61)47(54-30-39)52-28-33-9-11-35(12-10-33)56-66(3,4)62/h5-8,13-15,18,23-25,29-30,32-33,35,37,44,50H,9-12,16-17,19-22,26-28,31H2,1-4H3,(H,51,53)(H,52,54)(H,57,60)/t33?,35?,44-/m0/s1. The summed E-state index contributed by atoms with van der Waals surface area (Å²) in [6, 6.07) is 19.9. The van der Waals surface area contributed by atoms with Crippen molar-refractivity contribution in [3.8, 4) is 11.5 Å². The number of amides is 1. The van der Waals surface area contributed by atoms with Crippen molar-refractivity contribution in [2.75, 3.05) is 62.0 Å². The van der Waals surface area contributed by atoms with Gasteiger partial charge in [0.1, 0.15) is 22.0 Å². The molecule has 18 heteroatoms. The third-order valence-corrected chi connectivity index (χ3v) is 16.4. The minimum absolute atomic E-state index is 0.00384. The van der Waals surface area contributed by atoms with Gasteiger partial charge in [-0.1, -0.05) is 38.1 Å². The first-order valence-electron chi connectivity index (χ1n) is 23.5. The molecule has 2 saturated heterocycles. The zero-order valence-corrected chi connectivity index (χ0v) is 40.4. The Kier molecular flexibility index (Phi) is 13.4. The smallest absolute Gasteiger partial charge is 0.268 e. The topological polar surface area (TPSA) is 203 Å². The summed E-state index contributed by atoms with van der Waals surface area (Å²) in [5, 5.41) is 10.7. The molecule has 67 heavy (non-hydrogen) atoms. The number of aromatic amines is 1. The predicted octanol–water partition coefficient (Wildman–Crippen LogP) is 8.48. The molecule has 0 bridgehead atoms. The maximum Gasteiger partial charge on any atom is 0.268 e. The highest BCUT2D eigenvalue weighted by Gasteiger charge is 2.49. The first-order chi connectivity index (χ1) is 32.2. The van der Waals surface area contributed by atoms with Crippen LogP contribution in [0.1, 0.15) is 98.7 Å². The quantitative estimate of drug-likeness (QED) is 0.0775. The summed E-state index contributed by atoms with van der Waals surface area (Å²) in [5.74, 6) is 0.518. The number of carbonyl (C=O) groups excluding carboxylic acids is 1. The third kappa shape index (κ3) is 10.5. The molecular formula is C49H62N10O6S2. The highest BCUT2D eigenvalue weighted by atomic mass is 32.2. The number of fused-ring (bicyclic) bond motifs is 1. The van der Waals surface area contributed by atoms with Crippen LogP contribution in [-0.2, 0) is 19.8 Å². The molecule has 2 aromatic carbocycles. The lowest BCUT2D eigenvalue weighted by molar-refractivity contribution is -0.0432. The lowest BCUT2D eigenvalue weighted by Crippen LogP contribution is -2.59. The zero-order chi connectivity index (χ0) is 46.9. The number of benzene rings is 2. The molecule has 9 rings (SSSR count). The van der Waals surface area contributed by atoms with Crippen LogP contribution in [0.5, 0.6) is 11.5 Å². The second kappa shape index (κ2) is 19.3. The van der Waals surface area contributed by atoms with Crippen molar-refractivity contribution in [2.24, 2.45) is 20.9 Å². The Morgan fingerprint density at radius 2 is 1.73 bits per heavy atom. The molecule has 5 heterocycles. The Morgan fingerprint density at radius 1 is 0.955 bits per heavy atom. The minimum Gasteiger partial charge on any atom is -0.455 e. The average molecular weight is 951 g/mol. The molecule has 2 saturated carbocycles. The van der Waals surface area contributed by atoms with Gasteiger partial charge in [0.25, 0.3) is 15.9 Å². The second-order valence-corrected chi connectivity index (χ2v) is 23.8. The fourth-order valence-electron chi connectivity index (χ4n) is 10.8. The highest BCUT2D eigenvalue weighted by molar-refractivity contribution is 7.92. The molecule has 4 aliphatic rings. The van der Waals surface area contributed by atoms with Crippen molar-refractivity contribution >= 4 is 53.9 Å². The number of ether oxygens (including phenoxy) is 1. The molecule has 0 radical (unpaired) electrons. The van der Waals surface area contributed by atoms with Gasteiger partial charge in [0.05, 0.1) is 17.8 Å². The third-order valence-electron chi connectivity index (χ3n) is 14.3. The molecule has 2 aliphatic carbocycles. The number of hydrogen-bond acceptors (Lipinski definition) is 14. The van der Waals surface area contributed by atoms with E-state index in [9.17, 15) is 22.3 Å². The summed E-state index contributed by atoms with van der Waals surface area (Å²) < 4.78 is 52.6. The molecule has 2 aliphatic heterocycles. The number of piperidine rings is 1. The van der Waals surface area contributed by atoms with Crippen LogP contribution in [0.2, 0.25) is 0 Å². The number of anilines is 2. The van der Waals surface area contributed by atoms with Crippen molar-refractivity contribution in [3.63, 3.8) is 0 Å². The Labute approximate surface area is 393 Å². The SMILES string of the molecule is CC(C)c1ccccc1[C@@H]1CNCCN1C1CC2(CCN(c3ccc(C(=O)NS(=O)(=O)c4cnc(NCC5CCC(N=S(C)(C)=O)CC5)c(N=O)c4)c(Oc4cnc5[nH]ccc5c4)c3)CC2)C1.